The highest BCUT2D eigenvalue weighted by Crippen LogP contribution is 2.24. The summed E-state index contributed by atoms with van der Waals surface area (Å²) in [6.45, 7) is 1.87. The summed E-state index contributed by atoms with van der Waals surface area (Å²) in [6.07, 6.45) is -0.466. The molecule has 2 nitrogen and oxygen atoms in total. The highest BCUT2D eigenvalue weighted by molar-refractivity contribution is 5.85. The number of alkyl halides is 1. The van der Waals surface area contributed by atoms with Crippen LogP contribution in [0.25, 0.3) is 10.8 Å². The first-order valence-electron chi connectivity index (χ1n) is 5.68. The Hall–Kier alpha value is -1.77. The maximum absolute atomic E-state index is 13.0. The van der Waals surface area contributed by atoms with Crippen molar-refractivity contribution in [3.05, 3.63) is 36.4 Å². The van der Waals surface area contributed by atoms with Gasteiger partial charge in [-0.15, -0.1) is 0 Å². The second kappa shape index (κ2) is 5.04. The van der Waals surface area contributed by atoms with E-state index >= 15 is 0 Å². The number of ether oxygens (including phenoxy) is 1. The number of hydrogen-bond donors (Lipinski definition) is 1. The Balaban J connectivity index is 2.17. The molecule has 1 atom stereocenters. The molecule has 0 amide bonds. The number of phenols is 1. The summed E-state index contributed by atoms with van der Waals surface area (Å²) in [7, 11) is 0. The van der Waals surface area contributed by atoms with Crippen LogP contribution in [0.1, 0.15) is 13.3 Å². The first kappa shape index (κ1) is 11.7. The Morgan fingerprint density at radius 3 is 2.65 bits per heavy atom. The zero-order valence-electron chi connectivity index (χ0n) is 9.69. The van der Waals surface area contributed by atoms with Crippen LogP contribution in [0.4, 0.5) is 4.39 Å². The number of aromatic hydroxyl groups is 1. The second-order valence-electron chi connectivity index (χ2n) is 4.01. The molecule has 2 aromatic carbocycles. The van der Waals surface area contributed by atoms with Gasteiger partial charge in [0.15, 0.2) is 0 Å². The third-order valence-corrected chi connectivity index (χ3v) is 2.67. The highest BCUT2D eigenvalue weighted by Gasteiger charge is 2.04. The standard InChI is InChI=1S/C14H15FO2/c1-2-12(15)9-17-14-6-4-10-7-13(16)5-3-11(10)8-14/h3-8,12,16H,2,9H2,1H3. The first-order valence-corrected chi connectivity index (χ1v) is 5.68. The lowest BCUT2D eigenvalue weighted by molar-refractivity contribution is 0.192. The van der Waals surface area contributed by atoms with Crippen molar-refractivity contribution in [2.24, 2.45) is 0 Å². The Kier molecular flexibility index (Phi) is 3.47. The van der Waals surface area contributed by atoms with E-state index in [1.165, 1.54) is 0 Å². The normalized spacial score (nSPS) is 12.6. The molecule has 0 aliphatic rings. The van der Waals surface area contributed by atoms with Crippen LogP contribution in [0.2, 0.25) is 0 Å². The minimum absolute atomic E-state index is 0.0834. The van der Waals surface area contributed by atoms with Crippen molar-refractivity contribution in [2.75, 3.05) is 6.61 Å². The molecule has 90 valence electrons. The summed E-state index contributed by atoms with van der Waals surface area (Å²) in [5, 5.41) is 11.2. The quantitative estimate of drug-likeness (QED) is 0.874. The molecule has 0 bridgehead atoms. The SMILES string of the molecule is CCC(F)COc1ccc2cc(O)ccc2c1. The van der Waals surface area contributed by atoms with Crippen LogP contribution in [0.15, 0.2) is 36.4 Å². The Labute approximate surface area is 99.6 Å². The van der Waals surface area contributed by atoms with E-state index in [1.807, 2.05) is 18.2 Å². The molecule has 0 radical (unpaired) electrons. The van der Waals surface area contributed by atoms with Crippen molar-refractivity contribution in [1.29, 1.82) is 0 Å². The number of rotatable bonds is 4. The maximum Gasteiger partial charge on any atom is 0.134 e. The summed E-state index contributed by atoms with van der Waals surface area (Å²) in [5.74, 6) is 0.889. The molecule has 0 heterocycles. The molecule has 0 fully saturated rings. The van der Waals surface area contributed by atoms with Crippen molar-refractivity contribution in [2.45, 2.75) is 19.5 Å². The van der Waals surface area contributed by atoms with Crippen LogP contribution in [0, 0.1) is 0 Å². The molecule has 1 unspecified atom stereocenters. The molecule has 1 N–H and O–H groups in total. The van der Waals surface area contributed by atoms with Gasteiger partial charge in [-0.1, -0.05) is 19.1 Å². The Bertz CT molecular complexity index is 511. The molecule has 2 aromatic rings. The van der Waals surface area contributed by atoms with Gasteiger partial charge in [0.2, 0.25) is 0 Å². The van der Waals surface area contributed by atoms with Crippen molar-refractivity contribution < 1.29 is 14.2 Å². The van der Waals surface area contributed by atoms with E-state index in [0.717, 1.165) is 10.8 Å². The minimum Gasteiger partial charge on any atom is -0.508 e. The van der Waals surface area contributed by atoms with E-state index < -0.39 is 6.17 Å². The maximum atomic E-state index is 13.0. The molecule has 0 saturated heterocycles. The fourth-order valence-corrected chi connectivity index (χ4v) is 1.61. The van der Waals surface area contributed by atoms with Gasteiger partial charge in [-0.05, 0) is 41.5 Å². The van der Waals surface area contributed by atoms with Crippen molar-refractivity contribution >= 4 is 10.8 Å². The summed E-state index contributed by atoms with van der Waals surface area (Å²) in [5.41, 5.74) is 0. The summed E-state index contributed by atoms with van der Waals surface area (Å²) in [4.78, 5) is 0. The zero-order chi connectivity index (χ0) is 12.3. The van der Waals surface area contributed by atoms with Gasteiger partial charge in [-0.2, -0.15) is 0 Å². The van der Waals surface area contributed by atoms with Crippen molar-refractivity contribution in [3.8, 4) is 11.5 Å². The molecular formula is C14H15FO2. The molecule has 17 heavy (non-hydrogen) atoms. The van der Waals surface area contributed by atoms with Crippen LogP contribution in [-0.2, 0) is 0 Å². The fourth-order valence-electron chi connectivity index (χ4n) is 1.61. The van der Waals surface area contributed by atoms with Gasteiger partial charge in [0.25, 0.3) is 0 Å². The molecule has 2 rings (SSSR count). The number of halogens is 1. The molecule has 3 heteroatoms. The van der Waals surface area contributed by atoms with Gasteiger partial charge in [0.05, 0.1) is 0 Å². The lowest BCUT2D eigenvalue weighted by Gasteiger charge is -2.09. The molecule has 0 saturated carbocycles. The van der Waals surface area contributed by atoms with Gasteiger partial charge in [0.1, 0.15) is 24.3 Å². The first-order chi connectivity index (χ1) is 8.19. The van der Waals surface area contributed by atoms with E-state index in [9.17, 15) is 9.50 Å². The van der Waals surface area contributed by atoms with Crippen LogP contribution < -0.4 is 4.74 Å². The molecule has 0 aromatic heterocycles. The van der Waals surface area contributed by atoms with Crippen molar-refractivity contribution in [1.82, 2.24) is 0 Å². The predicted octanol–water partition coefficient (Wildman–Crippen LogP) is 3.67. The highest BCUT2D eigenvalue weighted by atomic mass is 19.1. The van der Waals surface area contributed by atoms with Gasteiger partial charge in [0, 0.05) is 0 Å². The minimum atomic E-state index is -0.925. The lowest BCUT2D eigenvalue weighted by atomic mass is 10.1. The summed E-state index contributed by atoms with van der Waals surface area (Å²) in [6, 6.07) is 10.6. The van der Waals surface area contributed by atoms with Gasteiger partial charge < -0.3 is 9.84 Å². The monoisotopic (exact) mass is 234 g/mol. The van der Waals surface area contributed by atoms with E-state index in [-0.39, 0.29) is 12.4 Å². The van der Waals surface area contributed by atoms with Crippen LogP contribution in [0.5, 0.6) is 11.5 Å². The predicted molar refractivity (Wildman–Crippen MR) is 66.3 cm³/mol. The van der Waals surface area contributed by atoms with Gasteiger partial charge >= 0.3 is 0 Å². The van der Waals surface area contributed by atoms with E-state index in [4.69, 9.17) is 4.74 Å². The summed E-state index contributed by atoms with van der Waals surface area (Å²) < 4.78 is 18.4. The number of hydrogen-bond acceptors (Lipinski definition) is 2. The zero-order valence-corrected chi connectivity index (χ0v) is 9.69. The number of fused-ring (bicyclic) bond motifs is 1. The van der Waals surface area contributed by atoms with Gasteiger partial charge in [-0.25, -0.2) is 4.39 Å². The topological polar surface area (TPSA) is 29.5 Å². The van der Waals surface area contributed by atoms with Crippen molar-refractivity contribution in [3.63, 3.8) is 0 Å². The number of benzene rings is 2. The Morgan fingerprint density at radius 2 is 1.88 bits per heavy atom. The Morgan fingerprint density at radius 1 is 1.18 bits per heavy atom. The van der Waals surface area contributed by atoms with Gasteiger partial charge in [-0.3, -0.25) is 0 Å². The van der Waals surface area contributed by atoms with Crippen LogP contribution >= 0.6 is 0 Å². The third kappa shape index (κ3) is 2.87. The lowest BCUT2D eigenvalue weighted by Crippen LogP contribution is -2.11. The third-order valence-electron chi connectivity index (χ3n) is 2.67. The smallest absolute Gasteiger partial charge is 0.134 e. The molecule has 0 spiro atoms. The molecule has 0 aliphatic carbocycles. The van der Waals surface area contributed by atoms with Crippen LogP contribution in [0.3, 0.4) is 0 Å². The molecule has 0 aliphatic heterocycles. The average molecular weight is 234 g/mol. The van der Waals surface area contributed by atoms with Crippen LogP contribution in [-0.4, -0.2) is 17.9 Å². The van der Waals surface area contributed by atoms with E-state index in [1.54, 1.807) is 25.1 Å². The summed E-state index contributed by atoms with van der Waals surface area (Å²) >= 11 is 0. The number of phenolic OH excluding ortho intramolecular Hbond substituents is 1. The molecular weight excluding hydrogens is 219 g/mol. The average Bonchev–Trinajstić information content (AvgIpc) is 2.35. The van der Waals surface area contributed by atoms with E-state index in [0.29, 0.717) is 12.2 Å². The second-order valence-corrected chi connectivity index (χ2v) is 4.01. The fraction of sp³-hybridized carbons (Fsp3) is 0.286. The largest absolute Gasteiger partial charge is 0.508 e. The van der Waals surface area contributed by atoms with E-state index in [2.05, 4.69) is 0 Å².